The summed E-state index contributed by atoms with van der Waals surface area (Å²) in [5, 5.41) is 4.95. The number of hydrogen-bond donors (Lipinski definition) is 0. The third kappa shape index (κ3) is 2.25. The van der Waals surface area contributed by atoms with Gasteiger partial charge in [0.05, 0.1) is 11.5 Å². The third-order valence-corrected chi connectivity index (χ3v) is 4.72. The van der Waals surface area contributed by atoms with E-state index < -0.39 is 0 Å². The molecule has 0 N–H and O–H groups in total. The number of hydrogen-bond acceptors (Lipinski definition) is 5. The fourth-order valence-corrected chi connectivity index (χ4v) is 3.60. The maximum atomic E-state index is 12.3. The number of thioether (sulfide) groups is 1. The molecule has 1 aliphatic rings. The van der Waals surface area contributed by atoms with Crippen molar-refractivity contribution >= 4 is 17.7 Å². The van der Waals surface area contributed by atoms with Crippen LogP contribution in [0.15, 0.2) is 52.2 Å². The smallest absolute Gasteiger partial charge is 0.250 e. The highest BCUT2D eigenvalue weighted by molar-refractivity contribution is 7.99. The summed E-state index contributed by atoms with van der Waals surface area (Å²) in [5.41, 5.74) is 2.06. The Hall–Kier alpha value is -2.34. The van der Waals surface area contributed by atoms with E-state index in [0.29, 0.717) is 17.4 Å². The van der Waals surface area contributed by atoms with Gasteiger partial charge in [-0.05, 0) is 25.1 Å². The van der Waals surface area contributed by atoms with Gasteiger partial charge in [-0.1, -0.05) is 35.5 Å². The molecule has 22 heavy (non-hydrogen) atoms. The number of aryl methyl sites for hydroxylation is 1. The Morgan fingerprint density at radius 3 is 3.00 bits per heavy atom. The first kappa shape index (κ1) is 13.3. The minimum absolute atomic E-state index is 0.0374. The van der Waals surface area contributed by atoms with Gasteiger partial charge in [-0.15, -0.1) is 5.10 Å². The van der Waals surface area contributed by atoms with Crippen LogP contribution in [0.2, 0.25) is 0 Å². The van der Waals surface area contributed by atoms with Crippen LogP contribution in [0.25, 0.3) is 11.4 Å². The van der Waals surface area contributed by atoms with Crippen LogP contribution in [0, 0.1) is 6.92 Å². The maximum absolute atomic E-state index is 12.3. The van der Waals surface area contributed by atoms with Gasteiger partial charge in [0, 0.05) is 12.0 Å². The number of furan rings is 1. The standard InChI is InChI=1S/C16H13N3O2S/c1-10-4-2-5-11(8-10)15-17-16-19(18-15)14(20)9-13(22-16)12-6-3-7-21-12/h2-8,13H,9H2,1H3/t13-/m1/s1. The molecular weight excluding hydrogens is 298 g/mol. The number of nitrogens with zero attached hydrogens (tertiary/aromatic N) is 3. The van der Waals surface area contributed by atoms with Gasteiger partial charge >= 0.3 is 0 Å². The van der Waals surface area contributed by atoms with Gasteiger partial charge in [0.1, 0.15) is 5.76 Å². The number of carbonyl (C=O) groups excluding carboxylic acids is 1. The van der Waals surface area contributed by atoms with Gasteiger partial charge in [0.15, 0.2) is 11.0 Å². The summed E-state index contributed by atoms with van der Waals surface area (Å²) in [5.74, 6) is 1.32. The van der Waals surface area contributed by atoms with E-state index in [0.717, 1.165) is 16.9 Å². The Balaban J connectivity index is 1.71. The largest absolute Gasteiger partial charge is 0.468 e. The van der Waals surface area contributed by atoms with Crippen molar-refractivity contribution in [3.8, 4) is 11.4 Å². The summed E-state index contributed by atoms with van der Waals surface area (Å²) >= 11 is 1.51. The van der Waals surface area contributed by atoms with Crippen LogP contribution in [0.4, 0.5) is 0 Å². The second-order valence-electron chi connectivity index (χ2n) is 5.22. The van der Waals surface area contributed by atoms with Crippen LogP contribution in [-0.2, 0) is 0 Å². The minimum Gasteiger partial charge on any atom is -0.468 e. The van der Waals surface area contributed by atoms with Gasteiger partial charge in [-0.25, -0.2) is 4.98 Å². The molecule has 2 aromatic heterocycles. The fraction of sp³-hybridized carbons (Fsp3) is 0.188. The van der Waals surface area contributed by atoms with E-state index in [1.807, 2.05) is 43.3 Å². The van der Waals surface area contributed by atoms with Crippen molar-refractivity contribution in [2.45, 2.75) is 23.8 Å². The summed E-state index contributed by atoms with van der Waals surface area (Å²) in [4.78, 5) is 16.8. The van der Waals surface area contributed by atoms with Gasteiger partial charge in [0.25, 0.3) is 5.91 Å². The van der Waals surface area contributed by atoms with Gasteiger partial charge in [-0.2, -0.15) is 4.68 Å². The van der Waals surface area contributed by atoms with Crippen molar-refractivity contribution in [3.05, 3.63) is 54.0 Å². The molecule has 6 heteroatoms. The molecule has 1 aliphatic heterocycles. The molecule has 0 aliphatic carbocycles. The molecule has 0 saturated heterocycles. The fourth-order valence-electron chi connectivity index (χ4n) is 2.49. The molecule has 0 amide bonds. The van der Waals surface area contributed by atoms with Crippen LogP contribution in [0.1, 0.15) is 27.8 Å². The molecule has 0 bridgehead atoms. The van der Waals surface area contributed by atoms with E-state index in [1.165, 1.54) is 16.4 Å². The molecule has 4 rings (SSSR count). The average Bonchev–Trinajstić information content (AvgIpc) is 3.16. The molecule has 0 fully saturated rings. The van der Waals surface area contributed by atoms with Gasteiger partial charge < -0.3 is 4.42 Å². The van der Waals surface area contributed by atoms with E-state index in [9.17, 15) is 4.79 Å². The van der Waals surface area contributed by atoms with Crippen molar-refractivity contribution in [3.63, 3.8) is 0 Å². The Labute approximate surface area is 131 Å². The average molecular weight is 311 g/mol. The van der Waals surface area contributed by atoms with Crippen LogP contribution in [-0.4, -0.2) is 20.7 Å². The second-order valence-corrected chi connectivity index (χ2v) is 6.39. The minimum atomic E-state index is -0.0541. The quantitative estimate of drug-likeness (QED) is 0.722. The van der Waals surface area contributed by atoms with Gasteiger partial charge in [-0.3, -0.25) is 4.79 Å². The lowest BCUT2D eigenvalue weighted by Gasteiger charge is -2.17. The Morgan fingerprint density at radius 1 is 1.32 bits per heavy atom. The highest BCUT2D eigenvalue weighted by Crippen LogP contribution is 2.41. The summed E-state index contributed by atoms with van der Waals surface area (Å²) in [6.45, 7) is 2.02. The first-order valence-electron chi connectivity index (χ1n) is 6.98. The van der Waals surface area contributed by atoms with Crippen LogP contribution in [0.3, 0.4) is 0 Å². The number of rotatable bonds is 2. The van der Waals surface area contributed by atoms with Gasteiger partial charge in [0.2, 0.25) is 0 Å². The first-order chi connectivity index (χ1) is 10.7. The second kappa shape index (κ2) is 5.14. The zero-order valence-corrected chi connectivity index (χ0v) is 12.7. The lowest BCUT2D eigenvalue weighted by atomic mass is 10.1. The summed E-state index contributed by atoms with van der Waals surface area (Å²) in [6.07, 6.45) is 1.99. The molecule has 1 atom stereocenters. The van der Waals surface area contributed by atoms with Crippen molar-refractivity contribution in [2.75, 3.05) is 0 Å². The highest BCUT2D eigenvalue weighted by atomic mass is 32.2. The third-order valence-electron chi connectivity index (χ3n) is 3.56. The first-order valence-corrected chi connectivity index (χ1v) is 7.86. The molecule has 0 saturated carbocycles. The number of aromatic nitrogens is 3. The molecule has 0 radical (unpaired) electrons. The Bertz CT molecular complexity index is 839. The Morgan fingerprint density at radius 2 is 2.23 bits per heavy atom. The zero-order chi connectivity index (χ0) is 15.1. The van der Waals surface area contributed by atoms with E-state index in [1.54, 1.807) is 6.26 Å². The number of fused-ring (bicyclic) bond motifs is 1. The SMILES string of the molecule is Cc1cccc(-c2nc3n(n2)C(=O)C[C@H](c2ccco2)S3)c1. The summed E-state index contributed by atoms with van der Waals surface area (Å²) in [7, 11) is 0. The molecule has 3 heterocycles. The van der Waals surface area contributed by atoms with Crippen molar-refractivity contribution in [1.82, 2.24) is 14.8 Å². The topological polar surface area (TPSA) is 60.9 Å². The van der Waals surface area contributed by atoms with Crippen LogP contribution < -0.4 is 0 Å². The highest BCUT2D eigenvalue weighted by Gasteiger charge is 2.31. The normalized spacial score (nSPS) is 17.5. The molecule has 110 valence electrons. The van der Waals surface area contributed by atoms with E-state index in [2.05, 4.69) is 10.1 Å². The monoisotopic (exact) mass is 311 g/mol. The molecule has 0 spiro atoms. The van der Waals surface area contributed by atoms with Crippen molar-refractivity contribution < 1.29 is 9.21 Å². The number of carbonyl (C=O) groups is 1. The molecule has 1 aromatic carbocycles. The van der Waals surface area contributed by atoms with Crippen molar-refractivity contribution in [1.29, 1.82) is 0 Å². The molecular formula is C16H13N3O2S. The molecule has 0 unspecified atom stereocenters. The number of benzene rings is 1. The maximum Gasteiger partial charge on any atom is 0.250 e. The summed E-state index contributed by atoms with van der Waals surface area (Å²) in [6, 6.07) is 11.7. The predicted octanol–water partition coefficient (Wildman–Crippen LogP) is 3.72. The predicted molar refractivity (Wildman–Crippen MR) is 82.7 cm³/mol. The van der Waals surface area contributed by atoms with E-state index in [4.69, 9.17) is 4.42 Å². The Kier molecular flexibility index (Phi) is 3.11. The lowest BCUT2D eigenvalue weighted by Crippen LogP contribution is -2.20. The zero-order valence-electron chi connectivity index (χ0n) is 11.9. The van der Waals surface area contributed by atoms with Crippen LogP contribution >= 0.6 is 11.8 Å². The van der Waals surface area contributed by atoms with E-state index >= 15 is 0 Å². The van der Waals surface area contributed by atoms with E-state index in [-0.39, 0.29) is 11.2 Å². The summed E-state index contributed by atoms with van der Waals surface area (Å²) < 4.78 is 6.82. The van der Waals surface area contributed by atoms with Crippen LogP contribution in [0.5, 0.6) is 0 Å². The van der Waals surface area contributed by atoms with Crippen molar-refractivity contribution in [2.24, 2.45) is 0 Å². The molecule has 5 nitrogen and oxygen atoms in total. The lowest BCUT2D eigenvalue weighted by molar-refractivity contribution is 0.0865. The molecule has 3 aromatic rings.